The van der Waals surface area contributed by atoms with Gasteiger partial charge in [0.05, 0.1) is 18.2 Å². The monoisotopic (exact) mass is 491 g/mol. The van der Waals surface area contributed by atoms with Gasteiger partial charge in [0.2, 0.25) is 0 Å². The molecule has 0 aliphatic heterocycles. The van der Waals surface area contributed by atoms with Gasteiger partial charge < -0.3 is 14.5 Å². The van der Waals surface area contributed by atoms with Gasteiger partial charge in [0.15, 0.2) is 5.82 Å². The van der Waals surface area contributed by atoms with E-state index in [1.165, 1.54) is 36.7 Å². The Balaban J connectivity index is 1.99. The molecule has 0 radical (unpaired) electrons. The van der Waals surface area contributed by atoms with Crippen LogP contribution in [-0.2, 0) is 16.0 Å². The second-order valence-electron chi connectivity index (χ2n) is 7.57. The van der Waals surface area contributed by atoms with E-state index in [0.717, 1.165) is 0 Å². The number of ether oxygens (including phenoxy) is 1. The average molecular weight is 492 g/mol. The van der Waals surface area contributed by atoms with E-state index in [9.17, 15) is 13.6 Å². The van der Waals surface area contributed by atoms with Crippen LogP contribution < -0.4 is 5.32 Å². The van der Waals surface area contributed by atoms with E-state index in [1.54, 1.807) is 32.9 Å². The first-order valence-corrected chi connectivity index (χ1v) is 10.1. The van der Waals surface area contributed by atoms with Crippen LogP contribution in [0.15, 0.2) is 57.5 Å². The van der Waals surface area contributed by atoms with Crippen molar-refractivity contribution in [3.05, 3.63) is 81.7 Å². The fraction of sp³-hybridized carbons (Fsp3) is 0.227. The predicted octanol–water partition coefficient (Wildman–Crippen LogP) is 5.50. The third-order valence-electron chi connectivity index (χ3n) is 3.92. The van der Waals surface area contributed by atoms with Crippen LogP contribution in [0.2, 0.25) is 0 Å². The van der Waals surface area contributed by atoms with Gasteiger partial charge in [0.25, 0.3) is 0 Å². The first kappa shape index (κ1) is 22.6. The minimum Gasteiger partial charge on any atom is -0.465 e. The van der Waals surface area contributed by atoms with Crippen LogP contribution in [-0.4, -0.2) is 21.5 Å². The molecule has 1 N–H and O–H groups in total. The van der Waals surface area contributed by atoms with Crippen LogP contribution in [0, 0.1) is 11.6 Å². The van der Waals surface area contributed by atoms with Gasteiger partial charge in [-0.05, 0) is 61.0 Å². The van der Waals surface area contributed by atoms with Crippen molar-refractivity contribution in [3.63, 3.8) is 0 Å². The van der Waals surface area contributed by atoms with Crippen molar-refractivity contribution in [2.75, 3.05) is 5.32 Å². The first-order valence-electron chi connectivity index (χ1n) is 9.32. The zero-order chi connectivity index (χ0) is 22.6. The van der Waals surface area contributed by atoms with E-state index < -0.39 is 23.2 Å². The number of esters is 1. The number of nitrogens with zero attached hydrogens (tertiary/aromatic N) is 2. The molecule has 6 nitrogen and oxygen atoms in total. The van der Waals surface area contributed by atoms with Crippen LogP contribution >= 0.6 is 15.9 Å². The molecule has 3 rings (SSSR count). The topological polar surface area (TPSA) is 77.2 Å². The fourth-order valence-corrected chi connectivity index (χ4v) is 2.94. The van der Waals surface area contributed by atoms with E-state index in [0.29, 0.717) is 10.4 Å². The lowest BCUT2D eigenvalue weighted by atomic mass is 10.1. The molecule has 9 heteroatoms. The molecule has 31 heavy (non-hydrogen) atoms. The minimum atomic E-state index is -0.745. The molecular weight excluding hydrogens is 472 g/mol. The highest BCUT2D eigenvalue weighted by Gasteiger charge is 2.23. The van der Waals surface area contributed by atoms with Gasteiger partial charge in [-0.1, -0.05) is 6.07 Å². The Morgan fingerprint density at radius 2 is 1.94 bits per heavy atom. The lowest BCUT2D eigenvalue weighted by Gasteiger charge is -2.21. The summed E-state index contributed by atoms with van der Waals surface area (Å²) in [6.07, 6.45) is 4.13. The number of rotatable bonds is 6. The Labute approximate surface area is 186 Å². The minimum absolute atomic E-state index is 0.0248. The van der Waals surface area contributed by atoms with Gasteiger partial charge in [-0.2, -0.15) is 0 Å². The number of aromatic nitrogens is 2. The number of anilines is 1. The van der Waals surface area contributed by atoms with Gasteiger partial charge in [0, 0.05) is 18.1 Å². The molecular formula is C22H20BrF2N3O3. The second-order valence-corrected chi connectivity index (χ2v) is 8.38. The third-order valence-corrected chi connectivity index (χ3v) is 4.30. The summed E-state index contributed by atoms with van der Waals surface area (Å²) < 4.78 is 39.5. The largest absolute Gasteiger partial charge is 0.465 e. The number of carbonyl (C=O) groups is 1. The normalized spacial score (nSPS) is 12.0. The molecule has 0 atom stereocenters. The van der Waals surface area contributed by atoms with Crippen molar-refractivity contribution in [2.24, 2.45) is 0 Å². The quantitative estimate of drug-likeness (QED) is 0.362. The molecule has 0 aliphatic rings. The summed E-state index contributed by atoms with van der Waals surface area (Å²) in [7, 11) is 0. The van der Waals surface area contributed by atoms with E-state index in [1.807, 2.05) is 0 Å². The molecule has 0 saturated heterocycles. The van der Waals surface area contributed by atoms with Gasteiger partial charge in [-0.15, -0.1) is 0 Å². The predicted molar refractivity (Wildman–Crippen MR) is 115 cm³/mol. The number of hydrogen-bond donors (Lipinski definition) is 1. The van der Waals surface area contributed by atoms with Gasteiger partial charge in [0.1, 0.15) is 33.3 Å². The maximum Gasteiger partial charge on any atom is 0.355 e. The fourth-order valence-electron chi connectivity index (χ4n) is 2.62. The lowest BCUT2D eigenvalue weighted by molar-refractivity contribution is -0.149. The molecule has 2 heterocycles. The molecule has 0 amide bonds. The van der Waals surface area contributed by atoms with Crippen LogP contribution in [0.25, 0.3) is 6.08 Å². The zero-order valence-electron chi connectivity index (χ0n) is 17.1. The number of hydrogen-bond acceptors (Lipinski definition) is 6. The maximum absolute atomic E-state index is 14.2. The van der Waals surface area contributed by atoms with Gasteiger partial charge in [-0.25, -0.2) is 23.5 Å². The Hall–Kier alpha value is -3.07. The van der Waals surface area contributed by atoms with E-state index in [2.05, 4.69) is 31.2 Å². The highest BCUT2D eigenvalue weighted by Crippen LogP contribution is 2.24. The Bertz CT molecular complexity index is 1090. The maximum atomic E-state index is 14.2. The van der Waals surface area contributed by atoms with Gasteiger partial charge >= 0.3 is 5.97 Å². The highest BCUT2D eigenvalue weighted by atomic mass is 79.9. The summed E-state index contributed by atoms with van der Waals surface area (Å²) >= 11 is 3.22. The number of halogens is 3. The smallest absolute Gasteiger partial charge is 0.355 e. The molecule has 0 spiro atoms. The molecule has 2 aromatic heterocycles. The number of nitrogens with one attached hydrogen (secondary N) is 1. The summed E-state index contributed by atoms with van der Waals surface area (Å²) in [5.41, 5.74) is -0.651. The third kappa shape index (κ3) is 6.21. The number of furan rings is 1. The van der Waals surface area contributed by atoms with Crippen molar-refractivity contribution in [1.29, 1.82) is 0 Å². The first-order chi connectivity index (χ1) is 14.6. The van der Waals surface area contributed by atoms with Crippen molar-refractivity contribution >= 4 is 33.8 Å². The molecule has 0 unspecified atom stereocenters. The summed E-state index contributed by atoms with van der Waals surface area (Å²) in [6.45, 7) is 5.21. The Morgan fingerprint density at radius 3 is 2.55 bits per heavy atom. The SMILES string of the molecule is CC(C)(C)OC(=O)/C(=C/c1ccco1)Nc1ncc(Br)nc1Cc1c(F)cccc1F. The van der Waals surface area contributed by atoms with Crippen LogP contribution in [0.1, 0.15) is 37.8 Å². The Morgan fingerprint density at radius 1 is 1.23 bits per heavy atom. The van der Waals surface area contributed by atoms with Crippen molar-refractivity contribution in [2.45, 2.75) is 32.8 Å². The molecule has 0 aliphatic carbocycles. The van der Waals surface area contributed by atoms with E-state index in [4.69, 9.17) is 9.15 Å². The van der Waals surface area contributed by atoms with Crippen molar-refractivity contribution in [1.82, 2.24) is 9.97 Å². The molecule has 0 saturated carbocycles. The molecule has 3 aromatic rings. The number of carbonyl (C=O) groups excluding carboxylic acids is 1. The van der Waals surface area contributed by atoms with Crippen LogP contribution in [0.4, 0.5) is 14.6 Å². The molecule has 0 fully saturated rings. The highest BCUT2D eigenvalue weighted by molar-refractivity contribution is 9.10. The van der Waals surface area contributed by atoms with Crippen LogP contribution in [0.5, 0.6) is 0 Å². The van der Waals surface area contributed by atoms with Crippen molar-refractivity contribution in [3.8, 4) is 0 Å². The second kappa shape index (κ2) is 9.38. The summed E-state index contributed by atoms with van der Waals surface area (Å²) in [5.74, 6) is -1.51. The summed E-state index contributed by atoms with van der Waals surface area (Å²) in [5, 5.41) is 2.88. The van der Waals surface area contributed by atoms with Gasteiger partial charge in [-0.3, -0.25) is 0 Å². The Kier molecular flexibility index (Phi) is 6.84. The van der Waals surface area contributed by atoms with Crippen LogP contribution in [0.3, 0.4) is 0 Å². The molecule has 162 valence electrons. The van der Waals surface area contributed by atoms with Crippen molar-refractivity contribution < 1.29 is 22.7 Å². The molecule has 0 bridgehead atoms. The lowest BCUT2D eigenvalue weighted by Crippen LogP contribution is -2.27. The molecule has 1 aromatic carbocycles. The standard InChI is InChI=1S/C22H20BrF2N3O3/c1-22(2,3)31-21(29)18(10-13-6-5-9-30-13)28-20-17(27-19(23)12-26-20)11-14-15(24)7-4-8-16(14)25/h4-10,12H,11H2,1-3H3,(H,26,28)/b18-10-. The van der Waals surface area contributed by atoms with E-state index >= 15 is 0 Å². The van der Waals surface area contributed by atoms with E-state index in [-0.39, 0.29) is 29.2 Å². The summed E-state index contributed by atoms with van der Waals surface area (Å²) in [6, 6.07) is 6.95. The average Bonchev–Trinajstić information content (AvgIpc) is 3.18. The number of benzene rings is 1. The zero-order valence-corrected chi connectivity index (χ0v) is 18.7. The summed E-state index contributed by atoms with van der Waals surface area (Å²) in [4.78, 5) is 21.3.